The number of rotatable bonds is 9. The zero-order chi connectivity index (χ0) is 27.4. The number of halogens is 1. The number of nitrogens with zero attached hydrogens (tertiary/aromatic N) is 2. The molecule has 0 amide bonds. The summed E-state index contributed by atoms with van der Waals surface area (Å²) in [6.45, 7) is 6.80. The van der Waals surface area contributed by atoms with Crippen LogP contribution in [0.3, 0.4) is 0 Å². The molecule has 4 rings (SSSR count). The van der Waals surface area contributed by atoms with Crippen molar-refractivity contribution in [3.63, 3.8) is 0 Å². The highest BCUT2D eigenvalue weighted by Gasteiger charge is 2.31. The standard InChI is InChI=1S/C27H27BrN2O7S/c1-5-35-20-9-8-15(10-22(20)37-7-3)24-17(26(33)34-4)14-29-27-30(24)25(32)23(38-27)12-16-11-21(36-6-2)19(31)13-18(16)28/h8-14,24,31H,5-7H2,1-4H3/b23-12-/t24-/m0/s1. The van der Waals surface area contributed by atoms with E-state index in [1.54, 1.807) is 30.3 Å². The van der Waals surface area contributed by atoms with Crippen LogP contribution in [0.2, 0.25) is 0 Å². The molecule has 1 atom stereocenters. The number of fused-ring (bicyclic) bond motifs is 1. The summed E-state index contributed by atoms with van der Waals surface area (Å²) in [5, 5.41) is 10.2. The number of carbonyl (C=O) groups is 1. The van der Waals surface area contributed by atoms with Gasteiger partial charge in [-0.3, -0.25) is 9.36 Å². The van der Waals surface area contributed by atoms with E-state index in [4.69, 9.17) is 18.9 Å². The van der Waals surface area contributed by atoms with Gasteiger partial charge in [0.1, 0.15) is 0 Å². The number of esters is 1. The first-order chi connectivity index (χ1) is 18.3. The van der Waals surface area contributed by atoms with Gasteiger partial charge < -0.3 is 24.1 Å². The number of carbonyl (C=O) groups excluding carboxylic acids is 1. The van der Waals surface area contributed by atoms with Crippen LogP contribution in [0.1, 0.15) is 37.9 Å². The number of hydrogen-bond donors (Lipinski definition) is 1. The van der Waals surface area contributed by atoms with E-state index in [1.807, 2.05) is 20.8 Å². The van der Waals surface area contributed by atoms with Crippen molar-refractivity contribution in [1.29, 1.82) is 0 Å². The van der Waals surface area contributed by atoms with Crippen LogP contribution >= 0.6 is 27.3 Å². The molecule has 3 aromatic rings. The molecule has 2 heterocycles. The van der Waals surface area contributed by atoms with E-state index < -0.39 is 12.0 Å². The van der Waals surface area contributed by atoms with Gasteiger partial charge in [0, 0.05) is 10.7 Å². The number of hydrogen-bond acceptors (Lipinski definition) is 9. The van der Waals surface area contributed by atoms with Crippen molar-refractivity contribution in [3.05, 3.63) is 77.4 Å². The normalized spacial score (nSPS) is 14.8. The van der Waals surface area contributed by atoms with Crippen molar-refractivity contribution in [1.82, 2.24) is 4.57 Å². The quantitative estimate of drug-likeness (QED) is 0.372. The fourth-order valence-electron chi connectivity index (χ4n) is 4.07. The van der Waals surface area contributed by atoms with E-state index in [0.29, 0.717) is 62.0 Å². The molecule has 9 nitrogen and oxygen atoms in total. The average Bonchev–Trinajstić information content (AvgIpc) is 3.22. The smallest absolute Gasteiger partial charge is 0.337 e. The lowest BCUT2D eigenvalue weighted by molar-refractivity contribution is -0.136. The Morgan fingerprint density at radius 2 is 1.76 bits per heavy atom. The first-order valence-electron chi connectivity index (χ1n) is 12.0. The lowest BCUT2D eigenvalue weighted by atomic mass is 9.97. The van der Waals surface area contributed by atoms with Gasteiger partial charge in [0.2, 0.25) is 0 Å². The molecule has 0 saturated carbocycles. The van der Waals surface area contributed by atoms with E-state index in [0.717, 1.165) is 0 Å². The monoisotopic (exact) mass is 602 g/mol. The van der Waals surface area contributed by atoms with Gasteiger partial charge in [-0.25, -0.2) is 9.79 Å². The van der Waals surface area contributed by atoms with E-state index >= 15 is 0 Å². The lowest BCUT2D eigenvalue weighted by Gasteiger charge is -2.23. The van der Waals surface area contributed by atoms with Gasteiger partial charge >= 0.3 is 5.97 Å². The molecule has 1 aromatic heterocycles. The average molecular weight is 603 g/mol. The summed E-state index contributed by atoms with van der Waals surface area (Å²) >= 11 is 4.63. The zero-order valence-electron chi connectivity index (χ0n) is 21.3. The predicted molar refractivity (Wildman–Crippen MR) is 147 cm³/mol. The molecule has 1 aliphatic heterocycles. The zero-order valence-corrected chi connectivity index (χ0v) is 23.7. The molecule has 0 radical (unpaired) electrons. The van der Waals surface area contributed by atoms with Gasteiger partial charge in [-0.2, -0.15) is 0 Å². The van der Waals surface area contributed by atoms with E-state index in [1.165, 1.54) is 35.3 Å². The highest BCUT2D eigenvalue weighted by Crippen LogP contribution is 2.35. The minimum absolute atomic E-state index is 0.0133. The highest BCUT2D eigenvalue weighted by molar-refractivity contribution is 9.10. The van der Waals surface area contributed by atoms with Crippen molar-refractivity contribution < 1.29 is 28.8 Å². The topological polar surface area (TPSA) is 109 Å². The van der Waals surface area contributed by atoms with E-state index in [9.17, 15) is 14.7 Å². The molecule has 0 saturated heterocycles. The number of phenols is 1. The summed E-state index contributed by atoms with van der Waals surface area (Å²) in [4.78, 5) is 31.4. The minimum Gasteiger partial charge on any atom is -0.504 e. The lowest BCUT2D eigenvalue weighted by Crippen LogP contribution is -2.39. The summed E-state index contributed by atoms with van der Waals surface area (Å²) in [7, 11) is 1.29. The molecule has 11 heteroatoms. The number of aromatic nitrogens is 1. The third-order valence-electron chi connectivity index (χ3n) is 5.67. The van der Waals surface area contributed by atoms with Crippen LogP contribution in [-0.2, 0) is 9.53 Å². The molecule has 0 fully saturated rings. The second kappa shape index (κ2) is 11.9. The fourth-order valence-corrected chi connectivity index (χ4v) is 5.47. The summed E-state index contributed by atoms with van der Waals surface area (Å²) < 4.78 is 24.4. The van der Waals surface area contributed by atoms with Gasteiger partial charge in [-0.1, -0.05) is 33.3 Å². The second-order valence-corrected chi connectivity index (χ2v) is 9.89. The van der Waals surface area contributed by atoms with Gasteiger partial charge in [-0.05, 0) is 62.2 Å². The van der Waals surface area contributed by atoms with Gasteiger partial charge in [0.25, 0.3) is 5.56 Å². The number of aromatic hydroxyl groups is 1. The molecule has 1 N–H and O–H groups in total. The van der Waals surface area contributed by atoms with Crippen LogP contribution in [0.15, 0.2) is 56.4 Å². The third-order valence-corrected chi connectivity index (χ3v) is 7.36. The first-order valence-corrected chi connectivity index (χ1v) is 13.6. The van der Waals surface area contributed by atoms with Crippen LogP contribution in [0, 0.1) is 0 Å². The van der Waals surface area contributed by atoms with Crippen LogP contribution in [-0.4, -0.2) is 42.6 Å². The fraction of sp³-hybridized carbons (Fsp3) is 0.296. The molecular weight excluding hydrogens is 576 g/mol. The number of benzene rings is 2. The molecule has 0 aliphatic carbocycles. The maximum Gasteiger partial charge on any atom is 0.337 e. The molecule has 1 aliphatic rings. The number of methoxy groups -OCH3 is 1. The molecule has 38 heavy (non-hydrogen) atoms. The van der Waals surface area contributed by atoms with Gasteiger partial charge in [0.05, 0.1) is 43.1 Å². The Kier molecular flexibility index (Phi) is 8.58. The van der Waals surface area contributed by atoms with Crippen LogP contribution in [0.5, 0.6) is 23.0 Å². The Labute approximate surface area is 231 Å². The Morgan fingerprint density at radius 1 is 1.08 bits per heavy atom. The Balaban J connectivity index is 1.91. The van der Waals surface area contributed by atoms with Gasteiger partial charge in [-0.15, -0.1) is 0 Å². The number of ether oxygens (including phenoxy) is 4. The van der Waals surface area contributed by atoms with Crippen LogP contribution < -0.4 is 29.1 Å². The Bertz CT molecular complexity index is 1580. The van der Waals surface area contributed by atoms with E-state index in [2.05, 4.69) is 20.9 Å². The Morgan fingerprint density at radius 3 is 2.45 bits per heavy atom. The summed E-state index contributed by atoms with van der Waals surface area (Å²) in [5.41, 5.74) is 1.15. The molecule has 200 valence electrons. The summed E-state index contributed by atoms with van der Waals surface area (Å²) in [6.07, 6.45) is 3.13. The van der Waals surface area contributed by atoms with Crippen LogP contribution in [0.25, 0.3) is 6.08 Å². The summed E-state index contributed by atoms with van der Waals surface area (Å²) in [6, 6.07) is 7.70. The van der Waals surface area contributed by atoms with Crippen molar-refractivity contribution in [2.24, 2.45) is 4.99 Å². The Hall–Kier alpha value is -3.57. The molecule has 0 unspecified atom stereocenters. The maximum atomic E-state index is 13.8. The van der Waals surface area contributed by atoms with E-state index in [-0.39, 0.29) is 16.9 Å². The second-order valence-electron chi connectivity index (χ2n) is 8.02. The summed E-state index contributed by atoms with van der Waals surface area (Å²) in [5.74, 6) is 0.768. The SMILES string of the molecule is CCOc1cc(/C=c2\sc3n(c2=O)[C@@H](c2ccc(OCC)c(OCC)c2)C(C(=O)OC)=CN=3)c(Br)cc1O. The minimum atomic E-state index is -0.794. The van der Waals surface area contributed by atoms with Crippen molar-refractivity contribution >= 4 is 39.3 Å². The number of phenolic OH excluding ortho intramolecular Hbond substituents is 1. The highest BCUT2D eigenvalue weighted by atomic mass is 79.9. The number of thiazole rings is 1. The largest absolute Gasteiger partial charge is 0.504 e. The molecular formula is C27H27BrN2O7S. The molecule has 0 spiro atoms. The van der Waals surface area contributed by atoms with Crippen molar-refractivity contribution in [2.45, 2.75) is 26.8 Å². The molecule has 2 aromatic carbocycles. The maximum absolute atomic E-state index is 13.8. The van der Waals surface area contributed by atoms with Gasteiger partial charge in [0.15, 0.2) is 27.8 Å². The first kappa shape index (κ1) is 27.5. The van der Waals surface area contributed by atoms with Crippen molar-refractivity contribution in [3.8, 4) is 23.0 Å². The predicted octanol–water partition coefficient (Wildman–Crippen LogP) is 3.68. The molecule has 0 bridgehead atoms. The van der Waals surface area contributed by atoms with Crippen molar-refractivity contribution in [2.75, 3.05) is 26.9 Å². The van der Waals surface area contributed by atoms with Crippen LogP contribution in [0.4, 0.5) is 0 Å². The third kappa shape index (κ3) is 5.34.